The lowest BCUT2D eigenvalue weighted by Crippen LogP contribution is -2.44. The van der Waals surface area contributed by atoms with E-state index in [2.05, 4.69) is 16.8 Å². The largest absolute Gasteiger partial charge is 0.465 e. The summed E-state index contributed by atoms with van der Waals surface area (Å²) in [4.78, 5) is 17.7. The fourth-order valence-electron chi connectivity index (χ4n) is 3.90. The molecule has 4 rings (SSSR count). The molecule has 1 saturated carbocycles. The normalized spacial score (nSPS) is 21.1. The second-order valence-corrected chi connectivity index (χ2v) is 6.54. The molecule has 0 bridgehead atoms. The minimum Gasteiger partial charge on any atom is -0.465 e. The van der Waals surface area contributed by atoms with Gasteiger partial charge >= 0.3 is 6.09 Å². The standard InChI is InChI=1S/C20H17FN2O2/c21-16-4-1-3-13(10-16)7-8-14-9-15-12-23(20(24)25)18-6-2-5-17(18)19(15)22-11-14/h1,3-4,9-11,17-18H,2,5-6,12H2,(H,24,25). The highest BCUT2D eigenvalue weighted by atomic mass is 19.1. The van der Waals surface area contributed by atoms with Crippen LogP contribution in [-0.4, -0.2) is 27.1 Å². The number of hydrogen-bond donors (Lipinski definition) is 1. The van der Waals surface area contributed by atoms with E-state index in [0.29, 0.717) is 17.7 Å². The van der Waals surface area contributed by atoms with Crippen molar-refractivity contribution in [1.82, 2.24) is 9.88 Å². The molecule has 1 aromatic carbocycles. The van der Waals surface area contributed by atoms with E-state index >= 15 is 0 Å². The number of pyridine rings is 1. The highest BCUT2D eigenvalue weighted by Crippen LogP contribution is 2.42. The summed E-state index contributed by atoms with van der Waals surface area (Å²) < 4.78 is 13.2. The molecule has 0 spiro atoms. The van der Waals surface area contributed by atoms with Crippen LogP contribution in [-0.2, 0) is 6.54 Å². The van der Waals surface area contributed by atoms with Gasteiger partial charge in [-0.2, -0.15) is 0 Å². The predicted octanol–water partition coefficient (Wildman–Crippen LogP) is 3.75. The molecule has 0 saturated heterocycles. The van der Waals surface area contributed by atoms with Crippen LogP contribution in [0.25, 0.3) is 0 Å². The summed E-state index contributed by atoms with van der Waals surface area (Å²) in [6.45, 7) is 0.355. The number of nitrogens with zero attached hydrogens (tertiary/aromatic N) is 2. The van der Waals surface area contributed by atoms with Crippen molar-refractivity contribution in [3.63, 3.8) is 0 Å². The van der Waals surface area contributed by atoms with E-state index in [1.807, 2.05) is 6.07 Å². The molecular weight excluding hydrogens is 319 g/mol. The van der Waals surface area contributed by atoms with Crippen molar-refractivity contribution in [1.29, 1.82) is 0 Å². The molecule has 1 N–H and O–H groups in total. The molecule has 1 aliphatic heterocycles. The monoisotopic (exact) mass is 336 g/mol. The Morgan fingerprint density at radius 1 is 1.24 bits per heavy atom. The van der Waals surface area contributed by atoms with E-state index in [9.17, 15) is 14.3 Å². The summed E-state index contributed by atoms with van der Waals surface area (Å²) in [5, 5.41) is 9.50. The third-order valence-electron chi connectivity index (χ3n) is 4.99. The van der Waals surface area contributed by atoms with Gasteiger partial charge in [-0.05, 0) is 42.7 Å². The van der Waals surface area contributed by atoms with Crippen LogP contribution in [0.15, 0.2) is 36.5 Å². The van der Waals surface area contributed by atoms with E-state index in [1.54, 1.807) is 18.3 Å². The van der Waals surface area contributed by atoms with Gasteiger partial charge in [0.15, 0.2) is 0 Å². The Morgan fingerprint density at radius 3 is 2.88 bits per heavy atom. The maximum absolute atomic E-state index is 13.2. The highest BCUT2D eigenvalue weighted by molar-refractivity contribution is 5.66. The molecular formula is C20H17FN2O2. The average molecular weight is 336 g/mol. The molecule has 1 aromatic heterocycles. The van der Waals surface area contributed by atoms with Crippen LogP contribution < -0.4 is 0 Å². The number of halogens is 1. The Morgan fingerprint density at radius 2 is 2.08 bits per heavy atom. The van der Waals surface area contributed by atoms with E-state index in [0.717, 1.165) is 30.5 Å². The summed E-state index contributed by atoms with van der Waals surface area (Å²) in [5.74, 6) is 5.79. The van der Waals surface area contributed by atoms with Crippen LogP contribution >= 0.6 is 0 Å². The SMILES string of the molecule is O=C(O)N1Cc2cc(C#Cc3cccc(F)c3)cnc2C2CCCC21. The number of hydrogen-bond acceptors (Lipinski definition) is 2. The Kier molecular flexibility index (Phi) is 3.89. The average Bonchev–Trinajstić information content (AvgIpc) is 3.08. The predicted molar refractivity (Wildman–Crippen MR) is 90.6 cm³/mol. The van der Waals surface area contributed by atoms with Crippen LogP contribution in [0, 0.1) is 17.7 Å². The summed E-state index contributed by atoms with van der Waals surface area (Å²) in [7, 11) is 0. The molecule has 126 valence electrons. The molecule has 2 unspecified atom stereocenters. The quantitative estimate of drug-likeness (QED) is 0.746. The van der Waals surface area contributed by atoms with Gasteiger partial charge in [0.1, 0.15) is 5.82 Å². The Balaban J connectivity index is 1.67. The van der Waals surface area contributed by atoms with Gasteiger partial charge in [0.2, 0.25) is 0 Å². The molecule has 2 atom stereocenters. The van der Waals surface area contributed by atoms with Gasteiger partial charge in [-0.25, -0.2) is 9.18 Å². The minimum atomic E-state index is -0.876. The van der Waals surface area contributed by atoms with Crippen molar-refractivity contribution in [2.45, 2.75) is 37.8 Å². The van der Waals surface area contributed by atoms with Gasteiger partial charge < -0.3 is 10.0 Å². The van der Waals surface area contributed by atoms with Crippen LogP contribution in [0.1, 0.15) is 47.6 Å². The van der Waals surface area contributed by atoms with Gasteiger partial charge in [-0.3, -0.25) is 4.98 Å². The van der Waals surface area contributed by atoms with E-state index in [-0.39, 0.29) is 17.8 Å². The molecule has 25 heavy (non-hydrogen) atoms. The van der Waals surface area contributed by atoms with Gasteiger partial charge in [0.25, 0.3) is 0 Å². The van der Waals surface area contributed by atoms with Crippen molar-refractivity contribution < 1.29 is 14.3 Å². The van der Waals surface area contributed by atoms with E-state index in [4.69, 9.17) is 0 Å². The minimum absolute atomic E-state index is 0.0433. The lowest BCUT2D eigenvalue weighted by atomic mass is 9.89. The molecule has 2 heterocycles. The zero-order chi connectivity index (χ0) is 17.4. The van der Waals surface area contributed by atoms with Gasteiger partial charge in [0.05, 0.1) is 12.2 Å². The van der Waals surface area contributed by atoms with Gasteiger partial charge in [0, 0.05) is 29.3 Å². The topological polar surface area (TPSA) is 53.4 Å². The number of rotatable bonds is 0. The molecule has 1 fully saturated rings. The maximum Gasteiger partial charge on any atom is 0.407 e. The van der Waals surface area contributed by atoms with Crippen molar-refractivity contribution in [3.05, 3.63) is 64.7 Å². The Labute approximate surface area is 145 Å². The lowest BCUT2D eigenvalue weighted by Gasteiger charge is -2.36. The van der Waals surface area contributed by atoms with E-state index < -0.39 is 6.09 Å². The fraction of sp³-hybridized carbons (Fsp3) is 0.300. The molecule has 2 aliphatic rings. The molecule has 1 amide bonds. The number of carbonyl (C=O) groups is 1. The first-order valence-corrected chi connectivity index (χ1v) is 8.38. The summed E-state index contributed by atoms with van der Waals surface area (Å²) in [6, 6.07) is 8.09. The van der Waals surface area contributed by atoms with Crippen molar-refractivity contribution in [2.24, 2.45) is 0 Å². The molecule has 2 aromatic rings. The third kappa shape index (κ3) is 2.96. The summed E-state index contributed by atoms with van der Waals surface area (Å²) >= 11 is 0. The molecule has 5 heteroatoms. The van der Waals surface area contributed by atoms with Crippen molar-refractivity contribution in [3.8, 4) is 11.8 Å². The first-order valence-electron chi connectivity index (χ1n) is 8.38. The second kappa shape index (κ2) is 6.21. The molecule has 1 aliphatic carbocycles. The zero-order valence-electron chi connectivity index (χ0n) is 13.6. The first-order chi connectivity index (χ1) is 12.1. The summed E-state index contributed by atoms with van der Waals surface area (Å²) in [5.41, 5.74) is 3.25. The first kappa shape index (κ1) is 15.6. The lowest BCUT2D eigenvalue weighted by molar-refractivity contribution is 0.110. The van der Waals surface area contributed by atoms with Crippen LogP contribution in [0.2, 0.25) is 0 Å². The number of fused-ring (bicyclic) bond motifs is 3. The highest BCUT2D eigenvalue weighted by Gasteiger charge is 2.41. The summed E-state index contributed by atoms with van der Waals surface area (Å²) in [6.07, 6.45) is 3.76. The smallest absolute Gasteiger partial charge is 0.407 e. The Bertz CT molecular complexity index is 900. The third-order valence-corrected chi connectivity index (χ3v) is 4.99. The molecule has 0 radical (unpaired) electrons. The fourth-order valence-corrected chi connectivity index (χ4v) is 3.90. The number of aromatic nitrogens is 1. The zero-order valence-corrected chi connectivity index (χ0v) is 13.6. The Hall–Kier alpha value is -2.87. The molecule has 4 nitrogen and oxygen atoms in total. The number of benzene rings is 1. The van der Waals surface area contributed by atoms with Crippen LogP contribution in [0.4, 0.5) is 9.18 Å². The van der Waals surface area contributed by atoms with Crippen LogP contribution in [0.3, 0.4) is 0 Å². The maximum atomic E-state index is 13.2. The van der Waals surface area contributed by atoms with Crippen LogP contribution in [0.5, 0.6) is 0 Å². The van der Waals surface area contributed by atoms with Gasteiger partial charge in [-0.1, -0.05) is 24.3 Å². The van der Waals surface area contributed by atoms with Crippen molar-refractivity contribution >= 4 is 6.09 Å². The van der Waals surface area contributed by atoms with Gasteiger partial charge in [-0.15, -0.1) is 0 Å². The number of amides is 1. The van der Waals surface area contributed by atoms with Crippen molar-refractivity contribution in [2.75, 3.05) is 0 Å². The van der Waals surface area contributed by atoms with E-state index in [1.165, 1.54) is 17.0 Å². The number of carboxylic acid groups (broad SMARTS) is 1. The second-order valence-electron chi connectivity index (χ2n) is 6.54.